The first kappa shape index (κ1) is 16.6. The summed E-state index contributed by atoms with van der Waals surface area (Å²) >= 11 is 6.29. The summed E-state index contributed by atoms with van der Waals surface area (Å²) in [4.78, 5) is 2.45. The summed E-state index contributed by atoms with van der Waals surface area (Å²) in [6.07, 6.45) is 2.62. The maximum Gasteiger partial charge on any atom is 0.125 e. The van der Waals surface area contributed by atoms with E-state index in [1.54, 1.807) is 7.11 Å². The van der Waals surface area contributed by atoms with Crippen molar-refractivity contribution in [3.8, 4) is 5.75 Å². The van der Waals surface area contributed by atoms with Gasteiger partial charge >= 0.3 is 0 Å². The molecule has 0 aliphatic carbocycles. The second kappa shape index (κ2) is 9.26. The van der Waals surface area contributed by atoms with E-state index in [1.165, 1.54) is 25.9 Å². The first-order chi connectivity index (χ1) is 10.3. The van der Waals surface area contributed by atoms with E-state index in [4.69, 9.17) is 21.1 Å². The van der Waals surface area contributed by atoms with E-state index in [1.807, 2.05) is 18.2 Å². The number of nitrogens with one attached hydrogen (secondary N) is 1. The number of methoxy groups -OCH3 is 1. The predicted molar refractivity (Wildman–Crippen MR) is 86.2 cm³/mol. The van der Waals surface area contributed by atoms with Gasteiger partial charge in [-0.15, -0.1) is 0 Å². The van der Waals surface area contributed by atoms with E-state index in [0.29, 0.717) is 19.8 Å². The number of nitrogens with zero attached hydrogens (tertiary/aromatic N) is 1. The Morgan fingerprint density at radius 3 is 2.81 bits per heavy atom. The smallest absolute Gasteiger partial charge is 0.125 e. The molecule has 1 aliphatic heterocycles. The first-order valence-electron chi connectivity index (χ1n) is 7.63. The average Bonchev–Trinajstić information content (AvgIpc) is 2.99. The van der Waals surface area contributed by atoms with Crippen molar-refractivity contribution in [3.63, 3.8) is 0 Å². The summed E-state index contributed by atoms with van der Waals surface area (Å²) in [6.45, 7) is 6.29. The predicted octanol–water partition coefficient (Wildman–Crippen LogP) is 2.55. The molecule has 0 unspecified atom stereocenters. The van der Waals surface area contributed by atoms with Crippen LogP contribution in [0.5, 0.6) is 5.75 Å². The van der Waals surface area contributed by atoms with Crippen molar-refractivity contribution in [2.24, 2.45) is 0 Å². The zero-order chi connectivity index (χ0) is 14.9. The number of halogens is 1. The molecule has 0 amide bonds. The van der Waals surface area contributed by atoms with E-state index < -0.39 is 0 Å². The molecule has 1 heterocycles. The number of hydrogen-bond donors (Lipinski definition) is 1. The third-order valence-corrected chi connectivity index (χ3v) is 4.08. The van der Waals surface area contributed by atoms with Crippen LogP contribution in [0.3, 0.4) is 0 Å². The number of ether oxygens (including phenoxy) is 2. The van der Waals surface area contributed by atoms with E-state index in [-0.39, 0.29) is 0 Å². The van der Waals surface area contributed by atoms with Gasteiger partial charge in [-0.05, 0) is 38.1 Å². The van der Waals surface area contributed by atoms with Gasteiger partial charge in [0.25, 0.3) is 0 Å². The van der Waals surface area contributed by atoms with Crippen molar-refractivity contribution in [2.45, 2.75) is 19.4 Å². The largest absolute Gasteiger partial charge is 0.492 e. The van der Waals surface area contributed by atoms with Gasteiger partial charge in [0.15, 0.2) is 0 Å². The minimum atomic E-state index is 0.690. The lowest BCUT2D eigenvalue weighted by molar-refractivity contribution is 0.198. The van der Waals surface area contributed by atoms with Gasteiger partial charge in [-0.1, -0.05) is 17.7 Å². The van der Waals surface area contributed by atoms with Crippen LogP contribution in [0.4, 0.5) is 0 Å². The van der Waals surface area contributed by atoms with Crippen molar-refractivity contribution in [1.29, 1.82) is 0 Å². The Hall–Kier alpha value is -0.810. The van der Waals surface area contributed by atoms with Crippen LogP contribution in [0, 0.1) is 0 Å². The molecule has 1 N–H and O–H groups in total. The second-order valence-electron chi connectivity index (χ2n) is 5.28. The lowest BCUT2D eigenvalue weighted by atomic mass is 10.2. The fraction of sp³-hybridized carbons (Fsp3) is 0.625. The van der Waals surface area contributed by atoms with E-state index in [9.17, 15) is 0 Å². The SMILES string of the molecule is COCCNCc1c(Cl)cccc1OCCN1CCCC1. The first-order valence-corrected chi connectivity index (χ1v) is 8.01. The molecule has 1 saturated heterocycles. The molecule has 21 heavy (non-hydrogen) atoms. The molecular weight excluding hydrogens is 288 g/mol. The van der Waals surface area contributed by atoms with Crippen molar-refractivity contribution >= 4 is 11.6 Å². The minimum Gasteiger partial charge on any atom is -0.492 e. The van der Waals surface area contributed by atoms with Crippen molar-refractivity contribution in [1.82, 2.24) is 10.2 Å². The zero-order valence-corrected chi connectivity index (χ0v) is 13.5. The van der Waals surface area contributed by atoms with Crippen LogP contribution in [0.25, 0.3) is 0 Å². The normalized spacial score (nSPS) is 15.5. The third kappa shape index (κ3) is 5.47. The lowest BCUT2D eigenvalue weighted by Gasteiger charge is -2.17. The fourth-order valence-corrected chi connectivity index (χ4v) is 2.76. The van der Waals surface area contributed by atoms with Crippen LogP contribution in [0.15, 0.2) is 18.2 Å². The van der Waals surface area contributed by atoms with E-state index in [2.05, 4.69) is 10.2 Å². The third-order valence-electron chi connectivity index (χ3n) is 3.72. The number of rotatable bonds is 9. The minimum absolute atomic E-state index is 0.690. The van der Waals surface area contributed by atoms with Crippen molar-refractivity contribution < 1.29 is 9.47 Å². The fourth-order valence-electron chi connectivity index (χ4n) is 2.52. The van der Waals surface area contributed by atoms with Crippen molar-refractivity contribution in [3.05, 3.63) is 28.8 Å². The molecule has 0 radical (unpaired) electrons. The van der Waals surface area contributed by atoms with Crippen LogP contribution in [0.1, 0.15) is 18.4 Å². The van der Waals surface area contributed by atoms with Gasteiger partial charge in [0, 0.05) is 37.3 Å². The van der Waals surface area contributed by atoms with Gasteiger partial charge < -0.3 is 14.8 Å². The summed E-state index contributed by atoms with van der Waals surface area (Å²) in [6, 6.07) is 5.83. The summed E-state index contributed by atoms with van der Waals surface area (Å²) in [7, 11) is 1.70. The summed E-state index contributed by atoms with van der Waals surface area (Å²) in [5.74, 6) is 0.881. The molecule has 118 valence electrons. The highest BCUT2D eigenvalue weighted by atomic mass is 35.5. The Balaban J connectivity index is 1.83. The van der Waals surface area contributed by atoms with Gasteiger partial charge in [-0.25, -0.2) is 0 Å². The molecule has 1 fully saturated rings. The van der Waals surface area contributed by atoms with E-state index in [0.717, 1.165) is 29.4 Å². The van der Waals surface area contributed by atoms with Crippen LogP contribution in [-0.2, 0) is 11.3 Å². The number of hydrogen-bond acceptors (Lipinski definition) is 4. The molecule has 0 spiro atoms. The average molecular weight is 313 g/mol. The topological polar surface area (TPSA) is 33.7 Å². The standard InChI is InChI=1S/C16H25ClN2O2/c1-20-11-7-18-13-14-15(17)5-4-6-16(14)21-12-10-19-8-2-3-9-19/h4-6,18H,2-3,7-13H2,1H3. The molecular formula is C16H25ClN2O2. The highest BCUT2D eigenvalue weighted by Gasteiger charge is 2.12. The summed E-state index contributed by atoms with van der Waals surface area (Å²) in [5.41, 5.74) is 1.02. The summed E-state index contributed by atoms with van der Waals surface area (Å²) in [5, 5.41) is 4.06. The zero-order valence-electron chi connectivity index (χ0n) is 12.7. The number of benzene rings is 1. The maximum atomic E-state index is 6.29. The molecule has 1 aromatic rings. The van der Waals surface area contributed by atoms with E-state index >= 15 is 0 Å². The van der Waals surface area contributed by atoms with Crippen molar-refractivity contribution in [2.75, 3.05) is 46.5 Å². The lowest BCUT2D eigenvalue weighted by Crippen LogP contribution is -2.25. The van der Waals surface area contributed by atoms with Gasteiger partial charge in [0.2, 0.25) is 0 Å². The monoisotopic (exact) mass is 312 g/mol. The van der Waals surface area contributed by atoms with Crippen LogP contribution in [0.2, 0.25) is 5.02 Å². The molecule has 2 rings (SSSR count). The molecule has 1 aliphatic rings. The molecule has 0 saturated carbocycles. The molecule has 0 aromatic heterocycles. The maximum absolute atomic E-state index is 6.29. The highest BCUT2D eigenvalue weighted by Crippen LogP contribution is 2.26. The molecule has 5 heteroatoms. The van der Waals surface area contributed by atoms with Gasteiger partial charge in [0.05, 0.1) is 6.61 Å². The highest BCUT2D eigenvalue weighted by molar-refractivity contribution is 6.31. The summed E-state index contributed by atoms with van der Waals surface area (Å²) < 4.78 is 11.0. The Morgan fingerprint density at radius 2 is 2.05 bits per heavy atom. The van der Waals surface area contributed by atoms with Crippen LogP contribution in [-0.4, -0.2) is 51.4 Å². The molecule has 0 atom stereocenters. The van der Waals surface area contributed by atoms with Crippen LogP contribution >= 0.6 is 11.6 Å². The molecule has 0 bridgehead atoms. The molecule has 4 nitrogen and oxygen atoms in total. The Labute approximate surface area is 132 Å². The molecule has 1 aromatic carbocycles. The number of likely N-dealkylation sites (tertiary alicyclic amines) is 1. The second-order valence-corrected chi connectivity index (χ2v) is 5.69. The van der Waals surface area contributed by atoms with Gasteiger partial charge in [-0.3, -0.25) is 4.90 Å². The van der Waals surface area contributed by atoms with Gasteiger partial charge in [0.1, 0.15) is 12.4 Å². The Morgan fingerprint density at radius 1 is 1.24 bits per heavy atom. The Bertz CT molecular complexity index is 423. The Kier molecular flexibility index (Phi) is 7.30. The van der Waals surface area contributed by atoms with Crippen LogP contribution < -0.4 is 10.1 Å². The van der Waals surface area contributed by atoms with Gasteiger partial charge in [-0.2, -0.15) is 0 Å². The quantitative estimate of drug-likeness (QED) is 0.711.